The van der Waals surface area contributed by atoms with Gasteiger partial charge in [0.25, 0.3) is 0 Å². The van der Waals surface area contributed by atoms with Gasteiger partial charge < -0.3 is 0 Å². The summed E-state index contributed by atoms with van der Waals surface area (Å²) in [6, 6.07) is 0. The molecule has 3 heterocycles. The number of aromatic nitrogens is 2. The van der Waals surface area contributed by atoms with Crippen LogP contribution in [0.4, 0.5) is 0 Å². The van der Waals surface area contributed by atoms with Crippen molar-refractivity contribution in [1.29, 1.82) is 0 Å². The van der Waals surface area contributed by atoms with Gasteiger partial charge in [-0.05, 0) is 45.2 Å². The predicted octanol–water partition coefficient (Wildman–Crippen LogP) is 4.12. The van der Waals surface area contributed by atoms with Gasteiger partial charge in [-0.15, -0.1) is 22.7 Å². The molecule has 0 N–H and O–H groups in total. The molecule has 14 heavy (non-hydrogen) atoms. The third-order valence-corrected chi connectivity index (χ3v) is 6.05. The minimum absolute atomic E-state index is 1.04. The first kappa shape index (κ1) is 9.67. The van der Waals surface area contributed by atoms with Crippen molar-refractivity contribution in [2.45, 2.75) is 0 Å². The Bertz CT molecular complexity index is 572. The largest absolute Gasteiger partial charge is 0.232 e. The zero-order valence-electron chi connectivity index (χ0n) is 6.62. The van der Waals surface area contributed by atoms with E-state index in [2.05, 4.69) is 65.9 Å². The highest BCUT2D eigenvalue weighted by atomic mass is 127. The van der Waals surface area contributed by atoms with Gasteiger partial charge in [-0.2, -0.15) is 0 Å². The van der Waals surface area contributed by atoms with E-state index in [0.29, 0.717) is 0 Å². The lowest BCUT2D eigenvalue weighted by Crippen LogP contribution is -1.81. The van der Waals surface area contributed by atoms with Gasteiger partial charge in [-0.1, -0.05) is 0 Å². The second-order valence-corrected chi connectivity index (χ2v) is 6.74. The maximum atomic E-state index is 4.61. The van der Waals surface area contributed by atoms with Gasteiger partial charge in [0, 0.05) is 10.8 Å². The third kappa shape index (κ3) is 1.38. The van der Waals surface area contributed by atoms with Crippen molar-refractivity contribution in [2.75, 3.05) is 0 Å². The van der Waals surface area contributed by atoms with Crippen LogP contribution in [0.2, 0.25) is 0 Å². The van der Waals surface area contributed by atoms with Gasteiger partial charge in [-0.25, -0.2) is 9.97 Å². The molecule has 0 aromatic carbocycles. The van der Waals surface area contributed by atoms with Gasteiger partial charge in [0.1, 0.15) is 20.7 Å². The van der Waals surface area contributed by atoms with Crippen LogP contribution in [0.1, 0.15) is 0 Å². The molecule has 0 saturated heterocycles. The molecule has 3 aromatic heterocycles. The van der Waals surface area contributed by atoms with Crippen LogP contribution in [-0.4, -0.2) is 9.97 Å². The smallest absolute Gasteiger partial charge is 0.143 e. The van der Waals surface area contributed by atoms with Crippen molar-refractivity contribution < 1.29 is 0 Å². The maximum absolute atomic E-state index is 4.61. The Morgan fingerprint density at radius 1 is 0.857 bits per heavy atom. The summed E-state index contributed by atoms with van der Waals surface area (Å²) in [5, 5.41) is 4.20. The molecule has 0 spiro atoms. The second-order valence-electron chi connectivity index (χ2n) is 2.70. The molecule has 0 unspecified atom stereocenters. The highest BCUT2D eigenvalue weighted by Gasteiger charge is 2.09. The van der Waals surface area contributed by atoms with E-state index in [9.17, 15) is 0 Å². The van der Waals surface area contributed by atoms with Gasteiger partial charge in [0.05, 0.1) is 7.14 Å². The van der Waals surface area contributed by atoms with E-state index in [0.717, 1.165) is 20.7 Å². The molecule has 0 aliphatic rings. The van der Waals surface area contributed by atoms with Crippen molar-refractivity contribution in [2.24, 2.45) is 0 Å². The topological polar surface area (TPSA) is 25.8 Å². The zero-order valence-corrected chi connectivity index (χ0v) is 12.6. The molecule has 3 rings (SSSR count). The molecule has 3 aromatic rings. The molecule has 0 amide bonds. The van der Waals surface area contributed by atoms with Crippen LogP contribution in [0, 0.1) is 7.14 Å². The quantitative estimate of drug-likeness (QED) is 0.488. The van der Waals surface area contributed by atoms with Crippen LogP contribution in [0.15, 0.2) is 10.8 Å². The predicted molar refractivity (Wildman–Crippen MR) is 78.2 cm³/mol. The SMILES string of the molecule is Ic1csc2nc3c(I)csc3nc12. The van der Waals surface area contributed by atoms with Gasteiger partial charge in [0.2, 0.25) is 0 Å². The monoisotopic (exact) mass is 444 g/mol. The fourth-order valence-corrected chi connectivity index (χ4v) is 4.56. The lowest BCUT2D eigenvalue weighted by Gasteiger charge is -1.91. The lowest BCUT2D eigenvalue weighted by molar-refractivity contribution is 1.45. The maximum Gasteiger partial charge on any atom is 0.143 e. The third-order valence-electron chi connectivity index (χ3n) is 1.83. The average molecular weight is 444 g/mol. The first-order valence-electron chi connectivity index (χ1n) is 3.73. The fraction of sp³-hybridized carbons (Fsp3) is 0. The van der Waals surface area contributed by atoms with Gasteiger partial charge in [0.15, 0.2) is 0 Å². The van der Waals surface area contributed by atoms with Crippen LogP contribution in [0.25, 0.3) is 20.7 Å². The summed E-state index contributed by atoms with van der Waals surface area (Å²) < 4.78 is 2.39. The molecule has 0 aliphatic heterocycles. The number of halogens is 2. The Hall–Kier alpha value is 0.460. The number of fused-ring (bicyclic) bond motifs is 2. The minimum atomic E-state index is 1.04. The molecule has 0 saturated carbocycles. The Labute approximate surface area is 115 Å². The van der Waals surface area contributed by atoms with E-state index >= 15 is 0 Å². The van der Waals surface area contributed by atoms with Crippen LogP contribution >= 0.6 is 67.9 Å². The summed E-state index contributed by atoms with van der Waals surface area (Å²) in [6.07, 6.45) is 0. The molecule has 0 fully saturated rings. The van der Waals surface area contributed by atoms with E-state index in [1.807, 2.05) is 0 Å². The highest BCUT2D eigenvalue weighted by molar-refractivity contribution is 14.1. The summed E-state index contributed by atoms with van der Waals surface area (Å²) in [5.74, 6) is 0. The van der Waals surface area contributed by atoms with Crippen molar-refractivity contribution in [3.8, 4) is 0 Å². The first-order valence-corrected chi connectivity index (χ1v) is 7.65. The molecule has 0 aliphatic carbocycles. The van der Waals surface area contributed by atoms with Gasteiger partial charge >= 0.3 is 0 Å². The molecular formula is C8H2I2N2S2. The number of thiophene rings is 2. The van der Waals surface area contributed by atoms with E-state index in [1.165, 1.54) is 7.14 Å². The van der Waals surface area contributed by atoms with Crippen molar-refractivity contribution >= 4 is 88.5 Å². The standard InChI is InChI=1S/C8H2I2N2S2/c9-3-1-13-7-5(3)11-8-6(12-7)4(10)2-14-8/h1-2H. The van der Waals surface area contributed by atoms with E-state index in [-0.39, 0.29) is 0 Å². The molecule has 2 nitrogen and oxygen atoms in total. The van der Waals surface area contributed by atoms with Crippen molar-refractivity contribution in [3.63, 3.8) is 0 Å². The summed E-state index contributed by atoms with van der Waals surface area (Å²) in [6.45, 7) is 0. The molecule has 0 atom stereocenters. The minimum Gasteiger partial charge on any atom is -0.232 e. The molecule has 0 radical (unpaired) electrons. The summed E-state index contributed by atoms with van der Waals surface area (Å²) in [4.78, 5) is 11.3. The van der Waals surface area contributed by atoms with Crippen LogP contribution < -0.4 is 0 Å². The molecular weight excluding hydrogens is 442 g/mol. The van der Waals surface area contributed by atoms with Gasteiger partial charge in [-0.3, -0.25) is 0 Å². The fourth-order valence-electron chi connectivity index (χ4n) is 1.21. The first-order chi connectivity index (χ1) is 6.75. The summed E-state index contributed by atoms with van der Waals surface area (Å²) in [7, 11) is 0. The Balaban J connectivity index is 2.56. The Morgan fingerprint density at radius 3 is 1.71 bits per heavy atom. The molecule has 70 valence electrons. The molecule has 6 heteroatoms. The number of hydrogen-bond donors (Lipinski definition) is 0. The summed E-state index contributed by atoms with van der Waals surface area (Å²) in [5.41, 5.74) is 2.09. The normalized spacial score (nSPS) is 11.6. The zero-order chi connectivity index (χ0) is 9.71. The highest BCUT2D eigenvalue weighted by Crippen LogP contribution is 2.30. The Morgan fingerprint density at radius 2 is 1.29 bits per heavy atom. The number of nitrogens with zero attached hydrogens (tertiary/aromatic N) is 2. The van der Waals surface area contributed by atoms with E-state index < -0.39 is 0 Å². The van der Waals surface area contributed by atoms with Crippen molar-refractivity contribution in [3.05, 3.63) is 17.9 Å². The lowest BCUT2D eigenvalue weighted by atomic mass is 10.5. The van der Waals surface area contributed by atoms with Crippen molar-refractivity contribution in [1.82, 2.24) is 9.97 Å². The average Bonchev–Trinajstić information content (AvgIpc) is 2.71. The van der Waals surface area contributed by atoms with E-state index in [4.69, 9.17) is 0 Å². The number of rotatable bonds is 0. The molecule has 0 bridgehead atoms. The van der Waals surface area contributed by atoms with Crippen LogP contribution in [-0.2, 0) is 0 Å². The van der Waals surface area contributed by atoms with Crippen LogP contribution in [0.5, 0.6) is 0 Å². The second kappa shape index (κ2) is 3.49. The van der Waals surface area contributed by atoms with Crippen LogP contribution in [0.3, 0.4) is 0 Å². The Kier molecular flexibility index (Phi) is 2.41. The number of hydrogen-bond acceptors (Lipinski definition) is 4. The summed E-state index contributed by atoms with van der Waals surface area (Å²) >= 11 is 7.93. The van der Waals surface area contributed by atoms with E-state index in [1.54, 1.807) is 22.7 Å².